The van der Waals surface area contributed by atoms with E-state index < -0.39 is 17.7 Å². The third kappa shape index (κ3) is 2.89. The quantitative estimate of drug-likeness (QED) is 0.429. The second-order valence-corrected chi connectivity index (χ2v) is 5.30. The number of carbonyl (C=O) groups excluding carboxylic acids is 4. The maximum atomic E-state index is 12.3. The van der Waals surface area contributed by atoms with Gasteiger partial charge in [-0.25, -0.2) is 0 Å². The summed E-state index contributed by atoms with van der Waals surface area (Å²) >= 11 is 0. The van der Waals surface area contributed by atoms with Crippen LogP contribution in [0, 0.1) is 5.92 Å². The predicted octanol–water partition coefficient (Wildman–Crippen LogP) is 0.994. The van der Waals surface area contributed by atoms with Gasteiger partial charge < -0.3 is 4.74 Å². The third-order valence-electron chi connectivity index (χ3n) is 3.90. The normalized spacial score (nSPS) is 19.6. The van der Waals surface area contributed by atoms with E-state index in [4.69, 9.17) is 4.74 Å². The Bertz CT molecular complexity index is 506. The smallest absolute Gasteiger partial charge is 0.318 e. The van der Waals surface area contributed by atoms with E-state index >= 15 is 0 Å². The van der Waals surface area contributed by atoms with E-state index in [9.17, 15) is 19.2 Å². The Morgan fingerprint density at radius 2 is 1.67 bits per heavy atom. The fourth-order valence-electron chi connectivity index (χ4n) is 2.76. The van der Waals surface area contributed by atoms with E-state index in [0.717, 1.165) is 17.7 Å². The number of imide groups is 1. The Morgan fingerprint density at radius 1 is 1.14 bits per heavy atom. The molecule has 0 spiro atoms. The van der Waals surface area contributed by atoms with E-state index in [2.05, 4.69) is 0 Å². The van der Waals surface area contributed by atoms with Gasteiger partial charge in [-0.3, -0.25) is 24.1 Å². The van der Waals surface area contributed by atoms with Gasteiger partial charge in [-0.05, 0) is 39.5 Å². The van der Waals surface area contributed by atoms with E-state index in [1.54, 1.807) is 6.92 Å². The van der Waals surface area contributed by atoms with Gasteiger partial charge in [0.25, 0.3) is 11.8 Å². The number of hydrogen-bond acceptors (Lipinski definition) is 5. The van der Waals surface area contributed by atoms with Crippen LogP contribution in [0.4, 0.5) is 0 Å². The van der Waals surface area contributed by atoms with Crippen LogP contribution in [0.2, 0.25) is 0 Å². The van der Waals surface area contributed by atoms with E-state index in [-0.39, 0.29) is 25.0 Å². The van der Waals surface area contributed by atoms with Gasteiger partial charge in [-0.2, -0.15) is 0 Å². The molecule has 1 atom stereocenters. The van der Waals surface area contributed by atoms with Gasteiger partial charge in [-0.1, -0.05) is 0 Å². The van der Waals surface area contributed by atoms with Crippen molar-refractivity contribution in [2.75, 3.05) is 13.2 Å². The van der Waals surface area contributed by atoms with Crippen LogP contribution in [0.25, 0.3) is 0 Å². The van der Waals surface area contributed by atoms with Crippen LogP contribution in [-0.2, 0) is 23.9 Å². The summed E-state index contributed by atoms with van der Waals surface area (Å²) < 4.78 is 4.84. The zero-order valence-electron chi connectivity index (χ0n) is 12.3. The first kappa shape index (κ1) is 15.4. The zero-order valence-corrected chi connectivity index (χ0v) is 12.3. The molecule has 0 radical (unpaired) electrons. The molecule has 0 bridgehead atoms. The Hall–Kier alpha value is -1.98. The Labute approximate surface area is 123 Å². The van der Waals surface area contributed by atoms with Gasteiger partial charge in [0.05, 0.1) is 6.61 Å². The van der Waals surface area contributed by atoms with E-state index in [1.807, 2.05) is 0 Å². The molecule has 1 unspecified atom stereocenters. The van der Waals surface area contributed by atoms with Crippen molar-refractivity contribution >= 4 is 23.6 Å². The van der Waals surface area contributed by atoms with Crippen LogP contribution in [0.1, 0.15) is 39.5 Å². The fraction of sp³-hybridized carbons (Fsp3) is 0.600. The maximum absolute atomic E-state index is 12.3. The lowest BCUT2D eigenvalue weighted by molar-refractivity contribution is -0.152. The SMILES string of the molecule is CCOC(=O)C(CN1C(=O)C2=C(CCCC2)C1=O)C(C)=O. The average molecular weight is 293 g/mol. The molecule has 0 aromatic rings. The van der Waals surface area contributed by atoms with Gasteiger partial charge in [0, 0.05) is 17.7 Å². The summed E-state index contributed by atoms with van der Waals surface area (Å²) in [6.07, 6.45) is 2.97. The maximum Gasteiger partial charge on any atom is 0.318 e. The molecule has 2 amide bonds. The van der Waals surface area contributed by atoms with E-state index in [1.165, 1.54) is 6.92 Å². The number of Topliss-reactive ketones (excluding diaryl/α,β-unsaturated/α-hetero) is 1. The number of ether oxygens (including phenoxy) is 1. The second kappa shape index (κ2) is 6.20. The molecule has 114 valence electrons. The molecule has 0 N–H and O–H groups in total. The van der Waals surface area contributed by atoms with Crippen LogP contribution in [0.15, 0.2) is 11.1 Å². The lowest BCUT2D eigenvalue weighted by atomic mass is 9.93. The standard InChI is InChI=1S/C15H19NO5/c1-3-21-15(20)12(9(2)17)8-16-13(18)10-6-4-5-7-11(10)14(16)19/h12H,3-8H2,1-2H3. The number of amides is 2. The van der Waals surface area contributed by atoms with Gasteiger partial charge >= 0.3 is 5.97 Å². The first-order valence-electron chi connectivity index (χ1n) is 7.22. The number of nitrogens with zero attached hydrogens (tertiary/aromatic N) is 1. The van der Waals surface area contributed by atoms with Crippen LogP contribution >= 0.6 is 0 Å². The lowest BCUT2D eigenvalue weighted by Crippen LogP contribution is -2.41. The van der Waals surface area contributed by atoms with E-state index in [0.29, 0.717) is 24.0 Å². The first-order valence-corrected chi connectivity index (χ1v) is 7.22. The highest BCUT2D eigenvalue weighted by Gasteiger charge is 2.41. The molecule has 0 saturated heterocycles. The number of ketones is 1. The van der Waals surface area contributed by atoms with Crippen molar-refractivity contribution in [3.05, 3.63) is 11.1 Å². The predicted molar refractivity (Wildman–Crippen MR) is 73.0 cm³/mol. The Kier molecular flexibility index (Phi) is 4.55. The molecule has 1 aliphatic heterocycles. The lowest BCUT2D eigenvalue weighted by Gasteiger charge is -2.20. The van der Waals surface area contributed by atoms with Crippen molar-refractivity contribution in [1.82, 2.24) is 4.90 Å². The number of rotatable bonds is 5. The molecule has 0 fully saturated rings. The highest BCUT2D eigenvalue weighted by atomic mass is 16.5. The van der Waals surface area contributed by atoms with Gasteiger partial charge in [0.1, 0.15) is 11.7 Å². The third-order valence-corrected chi connectivity index (χ3v) is 3.90. The topological polar surface area (TPSA) is 80.8 Å². The van der Waals surface area contributed by atoms with Gasteiger partial charge in [0.2, 0.25) is 0 Å². The molecule has 21 heavy (non-hydrogen) atoms. The highest BCUT2D eigenvalue weighted by Crippen LogP contribution is 2.33. The van der Waals surface area contributed by atoms with Crippen LogP contribution in [0.5, 0.6) is 0 Å². The summed E-state index contributed by atoms with van der Waals surface area (Å²) in [5.41, 5.74) is 1.11. The number of hydrogen-bond donors (Lipinski definition) is 0. The summed E-state index contributed by atoms with van der Waals surface area (Å²) in [6, 6.07) is 0. The van der Waals surface area contributed by atoms with Gasteiger partial charge in [-0.15, -0.1) is 0 Å². The van der Waals surface area contributed by atoms with Crippen LogP contribution in [0.3, 0.4) is 0 Å². The van der Waals surface area contributed by atoms with Crippen molar-refractivity contribution in [2.24, 2.45) is 5.92 Å². The zero-order chi connectivity index (χ0) is 15.6. The van der Waals surface area contributed by atoms with Crippen LogP contribution < -0.4 is 0 Å². The molecule has 1 heterocycles. The monoisotopic (exact) mass is 293 g/mol. The minimum Gasteiger partial charge on any atom is -0.465 e. The Balaban J connectivity index is 2.15. The van der Waals surface area contributed by atoms with Crippen LogP contribution in [-0.4, -0.2) is 41.6 Å². The summed E-state index contributed by atoms with van der Waals surface area (Å²) in [7, 11) is 0. The van der Waals surface area contributed by atoms with Gasteiger partial charge in [0.15, 0.2) is 0 Å². The molecular weight excluding hydrogens is 274 g/mol. The van der Waals surface area contributed by atoms with Crippen molar-refractivity contribution in [3.8, 4) is 0 Å². The summed E-state index contributed by atoms with van der Waals surface area (Å²) in [5.74, 6) is -2.90. The number of carbonyl (C=O) groups is 4. The van der Waals surface area contributed by atoms with Crippen molar-refractivity contribution in [3.63, 3.8) is 0 Å². The highest BCUT2D eigenvalue weighted by molar-refractivity contribution is 6.19. The molecular formula is C15H19NO5. The molecule has 2 rings (SSSR count). The van der Waals surface area contributed by atoms with Crippen molar-refractivity contribution in [2.45, 2.75) is 39.5 Å². The molecule has 0 aromatic heterocycles. The van der Waals surface area contributed by atoms with Crippen molar-refractivity contribution < 1.29 is 23.9 Å². The molecule has 6 heteroatoms. The Morgan fingerprint density at radius 3 is 2.10 bits per heavy atom. The summed E-state index contributed by atoms with van der Waals surface area (Å²) in [5, 5.41) is 0. The minimum atomic E-state index is -1.10. The molecule has 6 nitrogen and oxygen atoms in total. The minimum absolute atomic E-state index is 0.152. The molecule has 0 saturated carbocycles. The first-order chi connectivity index (χ1) is 9.97. The average Bonchev–Trinajstić information content (AvgIpc) is 2.69. The number of esters is 1. The fourth-order valence-corrected chi connectivity index (χ4v) is 2.76. The summed E-state index contributed by atoms with van der Waals surface area (Å²) in [6.45, 7) is 2.83. The second-order valence-electron chi connectivity index (χ2n) is 5.30. The molecule has 0 aromatic carbocycles. The molecule has 1 aliphatic carbocycles. The summed E-state index contributed by atoms with van der Waals surface area (Å²) in [4.78, 5) is 49.0. The largest absolute Gasteiger partial charge is 0.465 e. The molecule has 2 aliphatic rings. The van der Waals surface area contributed by atoms with Crippen molar-refractivity contribution in [1.29, 1.82) is 0 Å².